The second-order valence-corrected chi connectivity index (χ2v) is 8.57. The normalized spacial score (nSPS) is 17.2. The third kappa shape index (κ3) is 4.81. The van der Waals surface area contributed by atoms with Crippen molar-refractivity contribution in [3.63, 3.8) is 0 Å². The molecule has 0 aliphatic carbocycles. The number of nitrogens with zero attached hydrogens (tertiary/aromatic N) is 1. The first-order valence-corrected chi connectivity index (χ1v) is 10.4. The first kappa shape index (κ1) is 20.6. The Morgan fingerprint density at radius 1 is 0.964 bits per heavy atom. The van der Waals surface area contributed by atoms with Gasteiger partial charge in [0.1, 0.15) is 0 Å². The van der Waals surface area contributed by atoms with Crippen LogP contribution in [0.25, 0.3) is 6.08 Å². The van der Waals surface area contributed by atoms with Gasteiger partial charge in [-0.3, -0.25) is 0 Å². The number of halogens is 3. The Balaban J connectivity index is 1.64. The second kappa shape index (κ2) is 8.46. The number of alkyl halides is 3. The van der Waals surface area contributed by atoms with Gasteiger partial charge in [0.25, 0.3) is 0 Å². The van der Waals surface area contributed by atoms with E-state index in [-0.39, 0.29) is 13.1 Å². The summed E-state index contributed by atoms with van der Waals surface area (Å²) in [6.07, 6.45) is -0.664. The third-order valence-electron chi connectivity index (χ3n) is 4.76. The lowest BCUT2D eigenvalue weighted by Crippen LogP contribution is -3.14. The van der Waals surface area contributed by atoms with Crippen LogP contribution in [0.3, 0.4) is 0 Å². The Morgan fingerprint density at radius 2 is 1.57 bits per heavy atom. The van der Waals surface area contributed by atoms with E-state index in [0.717, 1.165) is 28.5 Å². The topological polar surface area (TPSA) is 41.8 Å². The minimum atomic E-state index is -4.71. The number of piperazine rings is 1. The maximum absolute atomic E-state index is 13.2. The van der Waals surface area contributed by atoms with Crippen LogP contribution in [0.1, 0.15) is 11.1 Å². The van der Waals surface area contributed by atoms with Crippen LogP contribution in [-0.4, -0.2) is 45.4 Å². The van der Waals surface area contributed by atoms with E-state index in [1.54, 1.807) is 0 Å². The van der Waals surface area contributed by atoms with Crippen molar-refractivity contribution in [3.05, 3.63) is 71.8 Å². The molecular weight excluding hydrogens is 389 g/mol. The predicted molar refractivity (Wildman–Crippen MR) is 101 cm³/mol. The highest BCUT2D eigenvalue weighted by Crippen LogP contribution is 2.35. The highest BCUT2D eigenvalue weighted by atomic mass is 32.2. The standard InChI is InChI=1S/C20H21F3N2O2S/c21-20(22,23)18-10-4-5-11-19(18)28(26,27)25-15-13-24(14-16-25)12-6-9-17-7-2-1-3-8-17/h1-11H,12-16H2/p+1/b9-6+. The molecule has 0 atom stereocenters. The number of nitrogens with one attached hydrogen (secondary N) is 1. The van der Waals surface area contributed by atoms with E-state index in [4.69, 9.17) is 0 Å². The van der Waals surface area contributed by atoms with Crippen molar-refractivity contribution in [1.82, 2.24) is 4.31 Å². The van der Waals surface area contributed by atoms with Crippen LogP contribution in [0.15, 0.2) is 65.6 Å². The van der Waals surface area contributed by atoms with Gasteiger partial charge in [0.15, 0.2) is 0 Å². The van der Waals surface area contributed by atoms with Crippen molar-refractivity contribution in [2.45, 2.75) is 11.1 Å². The summed E-state index contributed by atoms with van der Waals surface area (Å²) in [5.74, 6) is 0. The number of hydrogen-bond acceptors (Lipinski definition) is 2. The Morgan fingerprint density at radius 3 is 2.21 bits per heavy atom. The average molecular weight is 411 g/mol. The Labute approximate surface area is 162 Å². The zero-order valence-electron chi connectivity index (χ0n) is 15.2. The maximum Gasteiger partial charge on any atom is 0.417 e. The van der Waals surface area contributed by atoms with Gasteiger partial charge in [-0.25, -0.2) is 8.42 Å². The van der Waals surface area contributed by atoms with E-state index < -0.39 is 26.7 Å². The van der Waals surface area contributed by atoms with Gasteiger partial charge in [-0.05, 0) is 23.8 Å². The first-order valence-electron chi connectivity index (χ1n) is 9.00. The summed E-state index contributed by atoms with van der Waals surface area (Å²) in [7, 11) is -4.18. The summed E-state index contributed by atoms with van der Waals surface area (Å²) in [6, 6.07) is 14.2. The number of hydrogen-bond donors (Lipinski definition) is 1. The van der Waals surface area contributed by atoms with Gasteiger partial charge in [0.2, 0.25) is 10.0 Å². The van der Waals surface area contributed by atoms with Crippen molar-refractivity contribution in [3.8, 4) is 0 Å². The molecule has 8 heteroatoms. The molecule has 0 unspecified atom stereocenters. The first-order chi connectivity index (χ1) is 13.3. The number of rotatable bonds is 5. The molecule has 0 amide bonds. The zero-order valence-corrected chi connectivity index (χ0v) is 16.0. The molecule has 1 N–H and O–H groups in total. The molecule has 1 aliphatic heterocycles. The van der Waals surface area contributed by atoms with E-state index in [2.05, 4.69) is 0 Å². The van der Waals surface area contributed by atoms with Gasteiger partial charge >= 0.3 is 6.18 Å². The van der Waals surface area contributed by atoms with Crippen molar-refractivity contribution in [1.29, 1.82) is 0 Å². The molecule has 2 aromatic carbocycles. The highest BCUT2D eigenvalue weighted by Gasteiger charge is 2.39. The summed E-state index contributed by atoms with van der Waals surface area (Å²) in [4.78, 5) is 0.526. The molecule has 150 valence electrons. The summed E-state index contributed by atoms with van der Waals surface area (Å²) < 4.78 is 66.3. The molecule has 1 saturated heterocycles. The SMILES string of the molecule is O=S(=O)(c1ccccc1C(F)(F)F)N1CC[NH+](C/C=C/c2ccccc2)CC1. The van der Waals surface area contributed by atoms with Crippen molar-refractivity contribution in [2.75, 3.05) is 32.7 Å². The molecular formula is C20H22F3N2O2S+. The highest BCUT2D eigenvalue weighted by molar-refractivity contribution is 7.89. The summed E-state index contributed by atoms with van der Waals surface area (Å²) in [5, 5.41) is 0. The van der Waals surface area contributed by atoms with Gasteiger partial charge < -0.3 is 4.90 Å². The summed E-state index contributed by atoms with van der Waals surface area (Å²) >= 11 is 0. The van der Waals surface area contributed by atoms with Crippen molar-refractivity contribution < 1.29 is 26.5 Å². The van der Waals surface area contributed by atoms with Crippen molar-refractivity contribution >= 4 is 16.1 Å². The lowest BCUT2D eigenvalue weighted by molar-refractivity contribution is -0.897. The molecule has 0 spiro atoms. The fraction of sp³-hybridized carbons (Fsp3) is 0.300. The van der Waals surface area contributed by atoms with Gasteiger partial charge in [0.05, 0.1) is 43.2 Å². The largest absolute Gasteiger partial charge is 0.417 e. The molecule has 3 rings (SSSR count). The lowest BCUT2D eigenvalue weighted by Gasteiger charge is -2.31. The smallest absolute Gasteiger partial charge is 0.329 e. The Hall–Kier alpha value is -2.16. The van der Waals surface area contributed by atoms with E-state index in [0.29, 0.717) is 13.1 Å². The second-order valence-electron chi connectivity index (χ2n) is 6.67. The van der Waals surface area contributed by atoms with E-state index in [9.17, 15) is 21.6 Å². The van der Waals surface area contributed by atoms with Gasteiger partial charge in [-0.1, -0.05) is 48.5 Å². The third-order valence-corrected chi connectivity index (χ3v) is 6.71. The van der Waals surface area contributed by atoms with E-state index in [1.807, 2.05) is 42.5 Å². The molecule has 0 aromatic heterocycles. The number of quaternary nitrogens is 1. The quantitative estimate of drug-likeness (QED) is 0.821. The Bertz CT molecular complexity index is 920. The minimum absolute atomic E-state index is 0.197. The number of sulfonamides is 1. The number of benzene rings is 2. The van der Waals surface area contributed by atoms with Crippen LogP contribution in [0.2, 0.25) is 0 Å². The van der Waals surface area contributed by atoms with E-state index >= 15 is 0 Å². The molecule has 28 heavy (non-hydrogen) atoms. The van der Waals surface area contributed by atoms with Crippen LogP contribution >= 0.6 is 0 Å². The van der Waals surface area contributed by atoms with Crippen LogP contribution < -0.4 is 4.90 Å². The van der Waals surface area contributed by atoms with Gasteiger partial charge in [-0.15, -0.1) is 0 Å². The molecule has 2 aromatic rings. The molecule has 1 fully saturated rings. The fourth-order valence-electron chi connectivity index (χ4n) is 3.24. The molecule has 4 nitrogen and oxygen atoms in total. The van der Waals surface area contributed by atoms with Gasteiger partial charge in [-0.2, -0.15) is 17.5 Å². The van der Waals surface area contributed by atoms with Crippen LogP contribution in [0, 0.1) is 0 Å². The molecule has 0 saturated carbocycles. The summed E-state index contributed by atoms with van der Waals surface area (Å²) in [6.45, 7) is 2.23. The summed E-state index contributed by atoms with van der Waals surface area (Å²) in [5.41, 5.74) is -0.0255. The minimum Gasteiger partial charge on any atom is -0.329 e. The molecule has 1 heterocycles. The van der Waals surface area contributed by atoms with Crippen LogP contribution in [-0.2, 0) is 16.2 Å². The fourth-order valence-corrected chi connectivity index (χ4v) is 4.89. The monoisotopic (exact) mass is 411 g/mol. The molecule has 0 bridgehead atoms. The molecule has 0 radical (unpaired) electrons. The van der Waals surface area contributed by atoms with Crippen LogP contribution in [0.5, 0.6) is 0 Å². The lowest BCUT2D eigenvalue weighted by atomic mass is 10.2. The maximum atomic E-state index is 13.2. The predicted octanol–water partition coefficient (Wildman–Crippen LogP) is 2.31. The van der Waals surface area contributed by atoms with Crippen LogP contribution in [0.4, 0.5) is 13.2 Å². The Kier molecular flexibility index (Phi) is 6.22. The average Bonchev–Trinajstić information content (AvgIpc) is 2.69. The zero-order chi connectivity index (χ0) is 20.2. The van der Waals surface area contributed by atoms with Crippen molar-refractivity contribution in [2.24, 2.45) is 0 Å². The molecule has 1 aliphatic rings. The van der Waals surface area contributed by atoms with Gasteiger partial charge in [0, 0.05) is 0 Å². The van der Waals surface area contributed by atoms with E-state index in [1.165, 1.54) is 17.0 Å².